The third kappa shape index (κ3) is 11.9. The van der Waals surface area contributed by atoms with Gasteiger partial charge in [0.2, 0.25) is 0 Å². The zero-order valence-corrected chi connectivity index (χ0v) is 13.2. The van der Waals surface area contributed by atoms with Crippen LogP contribution >= 0.6 is 0 Å². The summed E-state index contributed by atoms with van der Waals surface area (Å²) in [7, 11) is 0. The van der Waals surface area contributed by atoms with Crippen molar-refractivity contribution in [3.05, 3.63) is 60.7 Å². The Balaban J connectivity index is 0. The molecule has 0 aliphatic heterocycles. The standard InChI is InChI=1S/C6H14N2O.2C5H5.Fe/c1-3-4-6(7,8)5(2)9;2*1-2-4-5-3-1;/h3-4,7-8H2,1-2H3;2*1-5H;/q;-5;-1;. The molecule has 0 heterocycles. The van der Waals surface area contributed by atoms with E-state index in [9.17, 15) is 4.79 Å². The number of ketones is 1. The number of nitrogens with two attached hydrogens (primary N) is 2. The summed E-state index contributed by atoms with van der Waals surface area (Å²) < 4.78 is 0. The van der Waals surface area contributed by atoms with Crippen LogP contribution in [0.4, 0.5) is 0 Å². The maximum atomic E-state index is 10.6. The summed E-state index contributed by atoms with van der Waals surface area (Å²) in [4.78, 5) is 10.6. The van der Waals surface area contributed by atoms with Crippen LogP contribution in [0.3, 0.4) is 0 Å². The maximum absolute atomic E-state index is 10.6. The molecule has 0 amide bonds. The molecular formula is C16H24FeN2O-6. The van der Waals surface area contributed by atoms with Crippen molar-refractivity contribution in [2.75, 3.05) is 0 Å². The van der Waals surface area contributed by atoms with E-state index >= 15 is 0 Å². The fourth-order valence-corrected chi connectivity index (χ4v) is 1.23. The van der Waals surface area contributed by atoms with E-state index in [0.717, 1.165) is 6.42 Å². The number of hydrogen-bond acceptors (Lipinski definition) is 3. The molecule has 0 saturated carbocycles. The smallest absolute Gasteiger partial charge is 0.163 e. The van der Waals surface area contributed by atoms with Crippen molar-refractivity contribution in [1.29, 1.82) is 0 Å². The van der Waals surface area contributed by atoms with Gasteiger partial charge in [-0.15, -0.1) is 0 Å². The molecule has 2 aromatic rings. The number of carbonyl (C=O) groups is 1. The number of hydrogen-bond donors (Lipinski definition) is 2. The SMILES string of the molecule is CCCC(N)(N)C(C)=O.[Fe].[cH-]1[cH-][cH-][cH-][cH-]1.c1cc[cH-]c1. The summed E-state index contributed by atoms with van der Waals surface area (Å²) >= 11 is 0. The molecule has 0 radical (unpaired) electrons. The molecule has 0 aliphatic carbocycles. The van der Waals surface area contributed by atoms with E-state index in [1.54, 1.807) is 0 Å². The Morgan fingerprint density at radius 2 is 1.45 bits per heavy atom. The Morgan fingerprint density at radius 1 is 1.05 bits per heavy atom. The van der Waals surface area contributed by atoms with Crippen LogP contribution in [0.5, 0.6) is 0 Å². The molecular weight excluding hydrogens is 292 g/mol. The fraction of sp³-hybridized carbons (Fsp3) is 0.312. The fourth-order valence-electron chi connectivity index (χ4n) is 1.23. The second-order valence-corrected chi connectivity index (χ2v) is 4.27. The largest absolute Gasteiger partial charge is 0.748 e. The second kappa shape index (κ2) is 12.8. The van der Waals surface area contributed by atoms with Gasteiger partial charge in [0.05, 0.1) is 0 Å². The van der Waals surface area contributed by atoms with E-state index < -0.39 is 5.66 Å². The zero-order chi connectivity index (χ0) is 14.6. The van der Waals surface area contributed by atoms with Gasteiger partial charge in [0.1, 0.15) is 5.66 Å². The third-order valence-electron chi connectivity index (χ3n) is 2.43. The van der Waals surface area contributed by atoms with Crippen molar-refractivity contribution in [3.8, 4) is 0 Å². The average molecular weight is 316 g/mol. The quantitative estimate of drug-likeness (QED) is 0.520. The van der Waals surface area contributed by atoms with Gasteiger partial charge in [0, 0.05) is 17.1 Å². The predicted molar refractivity (Wildman–Crippen MR) is 80.8 cm³/mol. The molecule has 4 N–H and O–H groups in total. The minimum absolute atomic E-state index is 0. The first-order chi connectivity index (χ1) is 9.00. The first kappa shape index (κ1) is 21.1. The Hall–Kier alpha value is -1.19. The van der Waals surface area contributed by atoms with Crippen LogP contribution in [-0.2, 0) is 21.9 Å². The van der Waals surface area contributed by atoms with Gasteiger partial charge in [-0.25, -0.2) is 12.1 Å². The number of carbonyl (C=O) groups excluding carboxylic acids is 1. The Bertz CT molecular complexity index is 333. The van der Waals surface area contributed by atoms with Crippen LogP contribution in [0.1, 0.15) is 26.7 Å². The molecule has 0 saturated heterocycles. The predicted octanol–water partition coefficient (Wildman–Crippen LogP) is 2.80. The van der Waals surface area contributed by atoms with Crippen LogP contribution in [0, 0.1) is 0 Å². The first-order valence-electron chi connectivity index (χ1n) is 6.43. The van der Waals surface area contributed by atoms with Crippen LogP contribution in [0.15, 0.2) is 60.7 Å². The van der Waals surface area contributed by atoms with Gasteiger partial charge < -0.3 is 41.8 Å². The molecule has 0 aliphatic rings. The van der Waals surface area contributed by atoms with Crippen LogP contribution in [0.2, 0.25) is 0 Å². The molecule has 20 heavy (non-hydrogen) atoms. The summed E-state index contributed by atoms with van der Waals surface area (Å²) in [5.74, 6) is -0.149. The summed E-state index contributed by atoms with van der Waals surface area (Å²) in [6.45, 7) is 3.35. The van der Waals surface area contributed by atoms with Gasteiger partial charge in [-0.1, -0.05) is 13.3 Å². The van der Waals surface area contributed by atoms with Crippen molar-refractivity contribution in [3.63, 3.8) is 0 Å². The van der Waals surface area contributed by atoms with Gasteiger partial charge in [0.25, 0.3) is 0 Å². The molecule has 0 spiro atoms. The van der Waals surface area contributed by atoms with Crippen LogP contribution < -0.4 is 11.5 Å². The summed E-state index contributed by atoms with van der Waals surface area (Å²) in [5, 5.41) is 0. The average Bonchev–Trinajstić information content (AvgIpc) is 3.08. The minimum Gasteiger partial charge on any atom is -0.748 e. The van der Waals surface area contributed by atoms with Gasteiger partial charge in [-0.2, -0.15) is 18.2 Å². The molecule has 118 valence electrons. The molecule has 0 fully saturated rings. The number of Topliss-reactive ketones (excluding diaryl/α,β-unsaturated/α-hetero) is 1. The second-order valence-electron chi connectivity index (χ2n) is 4.27. The van der Waals surface area contributed by atoms with E-state index in [2.05, 4.69) is 0 Å². The number of rotatable bonds is 3. The van der Waals surface area contributed by atoms with Crippen molar-refractivity contribution in [2.24, 2.45) is 11.5 Å². The first-order valence-corrected chi connectivity index (χ1v) is 6.43. The molecule has 4 heteroatoms. The van der Waals surface area contributed by atoms with Crippen LogP contribution in [-0.4, -0.2) is 11.4 Å². The van der Waals surface area contributed by atoms with Crippen molar-refractivity contribution in [1.82, 2.24) is 0 Å². The van der Waals surface area contributed by atoms with E-state index in [1.807, 2.05) is 67.6 Å². The Kier molecular flexibility index (Phi) is 13.5. The topological polar surface area (TPSA) is 69.1 Å². The summed E-state index contributed by atoms with van der Waals surface area (Å²) in [6.07, 6.45) is 1.40. The van der Waals surface area contributed by atoms with Crippen molar-refractivity contribution in [2.45, 2.75) is 32.4 Å². The van der Waals surface area contributed by atoms with Gasteiger partial charge in [-0.05, 0) is 13.3 Å². The molecule has 0 aromatic heterocycles. The van der Waals surface area contributed by atoms with Gasteiger partial charge in [0.15, 0.2) is 5.78 Å². The van der Waals surface area contributed by atoms with Crippen molar-refractivity contribution < 1.29 is 21.9 Å². The van der Waals surface area contributed by atoms with E-state index in [4.69, 9.17) is 11.5 Å². The minimum atomic E-state index is -1.09. The monoisotopic (exact) mass is 316 g/mol. The molecule has 2 aromatic carbocycles. The van der Waals surface area contributed by atoms with Gasteiger partial charge in [-0.3, -0.25) is 4.79 Å². The maximum Gasteiger partial charge on any atom is 0.163 e. The molecule has 0 unspecified atom stereocenters. The molecule has 0 atom stereocenters. The normalized spacial score (nSPS) is 9.20. The zero-order valence-electron chi connectivity index (χ0n) is 12.1. The van der Waals surface area contributed by atoms with Gasteiger partial charge >= 0.3 is 0 Å². The third-order valence-corrected chi connectivity index (χ3v) is 2.43. The molecule has 0 bridgehead atoms. The van der Waals surface area contributed by atoms with E-state index in [1.165, 1.54) is 6.92 Å². The summed E-state index contributed by atoms with van der Waals surface area (Å²) in [5.41, 5.74) is 9.71. The van der Waals surface area contributed by atoms with Crippen LogP contribution in [0.25, 0.3) is 0 Å². The Labute approximate surface area is 132 Å². The van der Waals surface area contributed by atoms with E-state index in [0.29, 0.717) is 6.42 Å². The summed E-state index contributed by atoms with van der Waals surface area (Å²) in [6, 6.07) is 20.0. The van der Waals surface area contributed by atoms with Crippen molar-refractivity contribution >= 4 is 5.78 Å². The molecule has 2 rings (SSSR count). The van der Waals surface area contributed by atoms with E-state index in [-0.39, 0.29) is 22.9 Å². The molecule has 3 nitrogen and oxygen atoms in total. The Morgan fingerprint density at radius 3 is 1.60 bits per heavy atom.